The predicted molar refractivity (Wildman–Crippen MR) is 82.4 cm³/mol. The quantitative estimate of drug-likeness (QED) is 0.856. The molecule has 0 aliphatic carbocycles. The Bertz CT molecular complexity index is 717. The lowest BCUT2D eigenvalue weighted by atomic mass is 9.97. The van der Waals surface area contributed by atoms with Crippen molar-refractivity contribution in [2.75, 3.05) is 7.05 Å². The second-order valence-corrected chi connectivity index (χ2v) is 7.54. The van der Waals surface area contributed by atoms with Crippen molar-refractivity contribution < 1.29 is 27.1 Å². The van der Waals surface area contributed by atoms with Crippen LogP contribution in [0.2, 0.25) is 0 Å². The van der Waals surface area contributed by atoms with Gasteiger partial charge in [-0.05, 0) is 49.9 Å². The minimum Gasteiger partial charge on any atom is -0.481 e. The zero-order valence-electron chi connectivity index (χ0n) is 13.7. The highest BCUT2D eigenvalue weighted by Gasteiger charge is 2.33. The zero-order valence-corrected chi connectivity index (χ0v) is 14.5. The van der Waals surface area contributed by atoms with Gasteiger partial charge in [0.15, 0.2) is 0 Å². The summed E-state index contributed by atoms with van der Waals surface area (Å²) in [7, 11) is -3.06. The summed E-state index contributed by atoms with van der Waals surface area (Å²) in [4.78, 5) is 10.9. The molecule has 8 heteroatoms. The Morgan fingerprint density at radius 1 is 1.26 bits per heavy atom. The summed E-state index contributed by atoms with van der Waals surface area (Å²) < 4.78 is 51.8. The maximum absolute atomic E-state index is 12.9. The van der Waals surface area contributed by atoms with Crippen molar-refractivity contribution in [3.8, 4) is 0 Å². The van der Waals surface area contributed by atoms with Gasteiger partial charge in [-0.3, -0.25) is 4.79 Å². The number of halogens is 2. The van der Waals surface area contributed by atoms with E-state index in [1.54, 1.807) is 19.9 Å². The first-order valence-corrected chi connectivity index (χ1v) is 8.42. The first-order valence-electron chi connectivity index (χ1n) is 6.98. The van der Waals surface area contributed by atoms with Gasteiger partial charge in [0, 0.05) is 7.05 Å². The van der Waals surface area contributed by atoms with E-state index in [-0.39, 0.29) is 11.3 Å². The van der Waals surface area contributed by atoms with E-state index in [1.807, 2.05) is 0 Å². The number of carbonyl (C=O) groups is 1. The van der Waals surface area contributed by atoms with E-state index < -0.39 is 28.5 Å². The molecule has 1 rings (SSSR count). The highest BCUT2D eigenvalue weighted by molar-refractivity contribution is 7.89. The summed E-state index contributed by atoms with van der Waals surface area (Å²) in [5.74, 6) is -1.09. The second-order valence-electron chi connectivity index (χ2n) is 5.61. The van der Waals surface area contributed by atoms with E-state index in [0.717, 1.165) is 14.0 Å². The molecule has 0 aromatic heterocycles. The molecule has 1 atom stereocenters. The molecule has 0 fully saturated rings. The third-order valence-corrected chi connectivity index (χ3v) is 6.20. The Morgan fingerprint density at radius 3 is 2.22 bits per heavy atom. The number of aliphatic carboxylic acids is 1. The summed E-state index contributed by atoms with van der Waals surface area (Å²) in [6.07, 6.45) is -3.14. The fraction of sp³-hybridized carbons (Fsp3) is 0.533. The number of sulfonamides is 1. The third-order valence-electron chi connectivity index (χ3n) is 3.96. The minimum atomic E-state index is -4.16. The van der Waals surface area contributed by atoms with E-state index in [2.05, 4.69) is 0 Å². The van der Waals surface area contributed by atoms with Crippen LogP contribution in [0.1, 0.15) is 29.2 Å². The lowest BCUT2D eigenvalue weighted by Crippen LogP contribution is -2.40. The molecule has 0 amide bonds. The number of alkyl halides is 2. The van der Waals surface area contributed by atoms with Gasteiger partial charge in [0.2, 0.25) is 10.0 Å². The maximum Gasteiger partial charge on any atom is 0.307 e. The van der Waals surface area contributed by atoms with Gasteiger partial charge in [-0.25, -0.2) is 17.2 Å². The molecule has 0 heterocycles. The summed E-state index contributed by atoms with van der Waals surface area (Å²) in [6, 6.07) is 0.0852. The molecular formula is C15H21F2NO4S. The third kappa shape index (κ3) is 3.87. The number of benzene rings is 1. The van der Waals surface area contributed by atoms with Crippen LogP contribution in [0.25, 0.3) is 0 Å². The predicted octanol–water partition coefficient (Wildman–Crippen LogP) is 2.51. The molecule has 0 saturated carbocycles. The van der Waals surface area contributed by atoms with Gasteiger partial charge in [-0.15, -0.1) is 0 Å². The lowest BCUT2D eigenvalue weighted by molar-refractivity contribution is -0.136. The molecule has 1 unspecified atom stereocenters. The molecule has 0 spiro atoms. The number of carboxylic acids is 1. The molecule has 23 heavy (non-hydrogen) atoms. The average molecular weight is 349 g/mol. The molecule has 0 aliphatic heterocycles. The van der Waals surface area contributed by atoms with Crippen molar-refractivity contribution in [2.24, 2.45) is 0 Å². The summed E-state index contributed by atoms with van der Waals surface area (Å²) in [5, 5.41) is 8.99. The monoisotopic (exact) mass is 349 g/mol. The molecule has 0 saturated heterocycles. The smallest absolute Gasteiger partial charge is 0.307 e. The van der Waals surface area contributed by atoms with E-state index in [9.17, 15) is 22.0 Å². The molecule has 130 valence electrons. The Hall–Kier alpha value is -1.54. The normalized spacial score (nSPS) is 13.6. The first kappa shape index (κ1) is 19.5. The molecule has 0 aliphatic rings. The first-order chi connectivity index (χ1) is 10.4. The van der Waals surface area contributed by atoms with Gasteiger partial charge in [0.1, 0.15) is 0 Å². The number of rotatable bonds is 6. The molecular weight excluding hydrogens is 328 g/mol. The highest BCUT2D eigenvalue weighted by Crippen LogP contribution is 2.30. The van der Waals surface area contributed by atoms with Crippen LogP contribution in [0.4, 0.5) is 8.78 Å². The number of carboxylic acid groups (broad SMARTS) is 1. The Balaban J connectivity index is 3.56. The van der Waals surface area contributed by atoms with E-state index in [1.165, 1.54) is 6.92 Å². The molecule has 1 aromatic carbocycles. The molecule has 0 bridgehead atoms. The van der Waals surface area contributed by atoms with Gasteiger partial charge in [-0.2, -0.15) is 4.31 Å². The highest BCUT2D eigenvalue weighted by atomic mass is 32.2. The average Bonchev–Trinajstić information content (AvgIpc) is 2.40. The summed E-state index contributed by atoms with van der Waals surface area (Å²) in [5.41, 5.74) is 1.74. The van der Waals surface area contributed by atoms with E-state index in [0.29, 0.717) is 26.6 Å². The van der Waals surface area contributed by atoms with Crippen LogP contribution >= 0.6 is 0 Å². The van der Waals surface area contributed by atoms with Crippen LogP contribution < -0.4 is 0 Å². The van der Waals surface area contributed by atoms with Crippen molar-refractivity contribution in [2.45, 2.75) is 51.5 Å². The van der Waals surface area contributed by atoms with Gasteiger partial charge >= 0.3 is 5.97 Å². The van der Waals surface area contributed by atoms with Crippen molar-refractivity contribution in [1.29, 1.82) is 0 Å². The van der Waals surface area contributed by atoms with E-state index >= 15 is 0 Å². The van der Waals surface area contributed by atoms with Crippen molar-refractivity contribution in [3.63, 3.8) is 0 Å². The van der Waals surface area contributed by atoms with Gasteiger partial charge in [0.25, 0.3) is 6.43 Å². The molecule has 5 nitrogen and oxygen atoms in total. The van der Waals surface area contributed by atoms with Crippen molar-refractivity contribution in [1.82, 2.24) is 4.31 Å². The largest absolute Gasteiger partial charge is 0.481 e. The van der Waals surface area contributed by atoms with Gasteiger partial charge < -0.3 is 5.11 Å². The summed E-state index contributed by atoms with van der Waals surface area (Å²) >= 11 is 0. The number of aryl methyl sites for hydroxylation is 2. The fourth-order valence-electron chi connectivity index (χ4n) is 2.55. The van der Waals surface area contributed by atoms with Crippen LogP contribution in [0.3, 0.4) is 0 Å². The molecule has 1 N–H and O–H groups in total. The standard InChI is InChI=1S/C15H21F2NO4S/c1-8-6-9(2)14(10(3)12(8)7-13(19)20)23(21,22)18(5)11(4)15(16)17/h6,11,15H,7H2,1-5H3,(H,19,20). The van der Waals surface area contributed by atoms with E-state index in [4.69, 9.17) is 5.11 Å². The molecule has 0 radical (unpaired) electrons. The van der Waals surface area contributed by atoms with Crippen LogP contribution in [-0.2, 0) is 21.2 Å². The summed E-state index contributed by atoms with van der Waals surface area (Å²) in [6.45, 7) is 5.89. The Kier molecular flexibility index (Phi) is 5.87. The Morgan fingerprint density at radius 2 is 1.78 bits per heavy atom. The van der Waals surface area contributed by atoms with Crippen molar-refractivity contribution in [3.05, 3.63) is 28.3 Å². The van der Waals surface area contributed by atoms with Gasteiger partial charge in [0.05, 0.1) is 17.4 Å². The minimum absolute atomic E-state index is 0.102. The number of hydrogen-bond acceptors (Lipinski definition) is 3. The van der Waals surface area contributed by atoms with Gasteiger partial charge in [-0.1, -0.05) is 6.07 Å². The fourth-order valence-corrected chi connectivity index (χ4v) is 4.34. The van der Waals surface area contributed by atoms with Crippen LogP contribution in [-0.4, -0.2) is 43.3 Å². The van der Waals surface area contributed by atoms with Crippen LogP contribution in [0.5, 0.6) is 0 Å². The second kappa shape index (κ2) is 6.92. The number of hydrogen-bond donors (Lipinski definition) is 1. The van der Waals surface area contributed by atoms with Crippen LogP contribution in [0, 0.1) is 20.8 Å². The topological polar surface area (TPSA) is 74.7 Å². The lowest BCUT2D eigenvalue weighted by Gasteiger charge is -2.26. The molecule has 1 aromatic rings. The Labute approximate surface area is 135 Å². The SMILES string of the molecule is Cc1cc(C)c(S(=O)(=O)N(C)C(C)C(F)F)c(C)c1CC(=O)O. The number of nitrogens with zero attached hydrogens (tertiary/aromatic N) is 1. The zero-order chi connectivity index (χ0) is 18.1. The maximum atomic E-state index is 12.9. The van der Waals surface area contributed by atoms with Crippen LogP contribution in [0.15, 0.2) is 11.0 Å². The van der Waals surface area contributed by atoms with Crippen molar-refractivity contribution >= 4 is 16.0 Å².